The van der Waals surface area contributed by atoms with E-state index < -0.39 is 5.60 Å². The standard InChI is InChI=1S/C24H33NO3/c1-14(2)7-8-28-18-9-15-3-6-21(26)23-19(10-20(15)25-13-18)22(23)16-11-24(27,12-16)17-4-5-17/h9,13-14,16-17,19,22-23,27H,3-8,10-12H2,1-2H3/t16-,19?,22?,23?,24+. The van der Waals surface area contributed by atoms with Gasteiger partial charge in [-0.15, -0.1) is 0 Å². The molecule has 5 rings (SSSR count). The number of rotatable bonds is 6. The fourth-order valence-corrected chi connectivity index (χ4v) is 5.89. The number of nitrogens with zero attached hydrogens (tertiary/aromatic N) is 1. The number of Topliss-reactive ketones (excluding diaryl/α,β-unsaturated/α-hetero) is 1. The van der Waals surface area contributed by atoms with Crippen molar-refractivity contribution in [2.24, 2.45) is 35.5 Å². The lowest BCUT2D eigenvalue weighted by Crippen LogP contribution is -2.47. The second-order valence-corrected chi connectivity index (χ2v) is 10.3. The van der Waals surface area contributed by atoms with E-state index in [0.29, 0.717) is 41.8 Å². The number of hydrogen-bond donors (Lipinski definition) is 1. The van der Waals surface area contributed by atoms with Gasteiger partial charge in [-0.05, 0) is 86.2 Å². The third-order valence-electron chi connectivity index (χ3n) is 7.78. The first-order valence-corrected chi connectivity index (χ1v) is 11.3. The second kappa shape index (κ2) is 6.83. The summed E-state index contributed by atoms with van der Waals surface area (Å²) in [5.41, 5.74) is 1.96. The van der Waals surface area contributed by atoms with Crippen LogP contribution in [-0.2, 0) is 17.6 Å². The topological polar surface area (TPSA) is 59.4 Å². The molecule has 3 atom stereocenters. The van der Waals surface area contributed by atoms with Crippen molar-refractivity contribution in [2.75, 3.05) is 6.61 Å². The summed E-state index contributed by atoms with van der Waals surface area (Å²) in [4.78, 5) is 17.5. The zero-order valence-corrected chi connectivity index (χ0v) is 17.2. The molecule has 3 fully saturated rings. The Balaban J connectivity index is 1.25. The van der Waals surface area contributed by atoms with Crippen LogP contribution in [0.25, 0.3) is 0 Å². The Labute approximate surface area is 168 Å². The maximum atomic E-state index is 12.8. The van der Waals surface area contributed by atoms with Crippen LogP contribution in [0.2, 0.25) is 0 Å². The summed E-state index contributed by atoms with van der Waals surface area (Å²) in [6.07, 6.45) is 9.46. The molecule has 152 valence electrons. The minimum absolute atomic E-state index is 0.227. The average Bonchev–Trinajstić information content (AvgIpc) is 3.52. The van der Waals surface area contributed by atoms with Gasteiger partial charge in [0.25, 0.3) is 0 Å². The van der Waals surface area contributed by atoms with Crippen LogP contribution >= 0.6 is 0 Å². The van der Waals surface area contributed by atoms with Crippen molar-refractivity contribution in [3.63, 3.8) is 0 Å². The van der Waals surface area contributed by atoms with Gasteiger partial charge >= 0.3 is 0 Å². The van der Waals surface area contributed by atoms with E-state index in [1.807, 2.05) is 6.20 Å². The summed E-state index contributed by atoms with van der Waals surface area (Å²) in [7, 11) is 0. The summed E-state index contributed by atoms with van der Waals surface area (Å²) in [6.45, 7) is 5.11. The fourth-order valence-electron chi connectivity index (χ4n) is 5.89. The molecule has 1 aromatic rings. The molecule has 0 spiro atoms. The van der Waals surface area contributed by atoms with E-state index >= 15 is 0 Å². The maximum absolute atomic E-state index is 12.8. The number of ketones is 1. The Kier molecular flexibility index (Phi) is 4.53. The first-order chi connectivity index (χ1) is 13.4. The molecule has 1 heterocycles. The number of carbonyl (C=O) groups excluding carboxylic acids is 1. The number of carbonyl (C=O) groups is 1. The van der Waals surface area contributed by atoms with E-state index in [-0.39, 0.29) is 5.92 Å². The Bertz CT molecular complexity index is 763. The van der Waals surface area contributed by atoms with E-state index in [0.717, 1.165) is 50.2 Å². The number of fused-ring (bicyclic) bond motifs is 2. The summed E-state index contributed by atoms with van der Waals surface area (Å²) < 4.78 is 5.88. The first kappa shape index (κ1) is 18.6. The lowest BCUT2D eigenvalue weighted by atomic mass is 9.65. The monoisotopic (exact) mass is 383 g/mol. The van der Waals surface area contributed by atoms with Crippen molar-refractivity contribution in [1.29, 1.82) is 0 Å². The van der Waals surface area contributed by atoms with Gasteiger partial charge in [0.15, 0.2) is 0 Å². The van der Waals surface area contributed by atoms with Crippen molar-refractivity contribution < 1.29 is 14.6 Å². The zero-order chi connectivity index (χ0) is 19.5. The number of aliphatic hydroxyl groups is 1. The largest absolute Gasteiger partial charge is 0.492 e. The highest BCUT2D eigenvalue weighted by atomic mass is 16.5. The Hall–Kier alpha value is -1.42. The second-order valence-electron chi connectivity index (χ2n) is 10.3. The lowest BCUT2D eigenvalue weighted by molar-refractivity contribution is -0.123. The van der Waals surface area contributed by atoms with Crippen LogP contribution in [0.1, 0.15) is 63.6 Å². The van der Waals surface area contributed by atoms with Crippen molar-refractivity contribution >= 4 is 5.78 Å². The normalized spacial score (nSPS) is 36.8. The highest BCUT2D eigenvalue weighted by Crippen LogP contribution is 2.64. The molecule has 0 aromatic carbocycles. The molecule has 4 aliphatic rings. The third-order valence-corrected chi connectivity index (χ3v) is 7.78. The van der Waals surface area contributed by atoms with E-state index in [4.69, 9.17) is 9.72 Å². The number of hydrogen-bond acceptors (Lipinski definition) is 4. The highest BCUT2D eigenvalue weighted by Gasteiger charge is 2.64. The molecule has 4 nitrogen and oxygen atoms in total. The summed E-state index contributed by atoms with van der Waals surface area (Å²) in [5, 5.41) is 10.7. The fraction of sp³-hybridized carbons (Fsp3) is 0.750. The Morgan fingerprint density at radius 1 is 1.29 bits per heavy atom. The lowest BCUT2D eigenvalue weighted by Gasteiger charge is -2.45. The van der Waals surface area contributed by atoms with Gasteiger partial charge < -0.3 is 9.84 Å². The summed E-state index contributed by atoms with van der Waals surface area (Å²) in [6, 6.07) is 2.11. The molecule has 0 aliphatic heterocycles. The average molecular weight is 384 g/mol. The number of aromatic nitrogens is 1. The van der Waals surface area contributed by atoms with Gasteiger partial charge in [0.2, 0.25) is 0 Å². The Morgan fingerprint density at radius 2 is 2.07 bits per heavy atom. The molecular weight excluding hydrogens is 350 g/mol. The first-order valence-electron chi connectivity index (χ1n) is 11.3. The molecule has 0 saturated heterocycles. The molecule has 28 heavy (non-hydrogen) atoms. The van der Waals surface area contributed by atoms with E-state index in [9.17, 15) is 9.90 Å². The van der Waals surface area contributed by atoms with Crippen LogP contribution in [0.4, 0.5) is 0 Å². The predicted octanol–water partition coefficient (Wildman–Crippen LogP) is 3.98. The van der Waals surface area contributed by atoms with Gasteiger partial charge in [-0.1, -0.05) is 13.8 Å². The van der Waals surface area contributed by atoms with E-state index in [2.05, 4.69) is 19.9 Å². The molecule has 1 N–H and O–H groups in total. The van der Waals surface area contributed by atoms with Gasteiger partial charge in [-0.2, -0.15) is 0 Å². The van der Waals surface area contributed by atoms with Crippen LogP contribution in [0, 0.1) is 35.5 Å². The quantitative estimate of drug-likeness (QED) is 0.807. The van der Waals surface area contributed by atoms with Crippen LogP contribution in [0.3, 0.4) is 0 Å². The van der Waals surface area contributed by atoms with Gasteiger partial charge in [0, 0.05) is 18.0 Å². The number of pyridine rings is 1. The summed E-state index contributed by atoms with van der Waals surface area (Å²) >= 11 is 0. The Morgan fingerprint density at radius 3 is 2.79 bits per heavy atom. The smallest absolute Gasteiger partial charge is 0.137 e. The molecule has 3 saturated carbocycles. The molecule has 4 aliphatic carbocycles. The molecular formula is C24H33NO3. The van der Waals surface area contributed by atoms with Crippen LogP contribution in [0.15, 0.2) is 12.3 Å². The van der Waals surface area contributed by atoms with Crippen molar-refractivity contribution in [3.05, 3.63) is 23.5 Å². The zero-order valence-electron chi connectivity index (χ0n) is 17.2. The van der Waals surface area contributed by atoms with Gasteiger partial charge in [-0.3, -0.25) is 9.78 Å². The van der Waals surface area contributed by atoms with Gasteiger partial charge in [0.1, 0.15) is 11.5 Å². The molecule has 0 bridgehead atoms. The molecule has 0 amide bonds. The molecule has 4 heteroatoms. The van der Waals surface area contributed by atoms with E-state index in [1.54, 1.807) is 0 Å². The van der Waals surface area contributed by atoms with E-state index in [1.165, 1.54) is 18.4 Å². The summed E-state index contributed by atoms with van der Waals surface area (Å²) in [5.74, 6) is 4.15. The van der Waals surface area contributed by atoms with Crippen molar-refractivity contribution in [3.8, 4) is 5.75 Å². The SMILES string of the molecule is CC(C)CCOc1cnc2c(c1)CCC(=O)C1C(C2)C1[C@H]1C[C@](O)(C2CC2)C1. The molecule has 3 unspecified atom stereocenters. The number of ether oxygens (including phenoxy) is 1. The number of aryl methyl sites for hydroxylation is 1. The third kappa shape index (κ3) is 3.38. The van der Waals surface area contributed by atoms with Gasteiger partial charge in [0.05, 0.1) is 18.4 Å². The van der Waals surface area contributed by atoms with Crippen LogP contribution in [-0.4, -0.2) is 28.1 Å². The van der Waals surface area contributed by atoms with Crippen molar-refractivity contribution in [1.82, 2.24) is 4.98 Å². The minimum atomic E-state index is -0.399. The highest BCUT2D eigenvalue weighted by molar-refractivity contribution is 5.85. The van der Waals surface area contributed by atoms with Crippen LogP contribution < -0.4 is 4.74 Å². The molecule has 0 radical (unpaired) electrons. The maximum Gasteiger partial charge on any atom is 0.137 e. The van der Waals surface area contributed by atoms with Crippen molar-refractivity contribution in [2.45, 2.75) is 70.8 Å². The van der Waals surface area contributed by atoms with Gasteiger partial charge in [-0.25, -0.2) is 0 Å². The predicted molar refractivity (Wildman–Crippen MR) is 107 cm³/mol. The molecule has 1 aromatic heterocycles. The van der Waals surface area contributed by atoms with Crippen LogP contribution in [0.5, 0.6) is 5.75 Å². The minimum Gasteiger partial charge on any atom is -0.492 e.